The molecule has 1 aromatic heterocycles. The number of aromatic nitrogens is 1. The topological polar surface area (TPSA) is 68.7 Å². The SMILES string of the molecule is CCOC(=O)N1C(=O)C(F)Oc2cccnc21. The van der Waals surface area contributed by atoms with E-state index in [2.05, 4.69) is 14.5 Å². The van der Waals surface area contributed by atoms with Gasteiger partial charge in [0.05, 0.1) is 6.61 Å². The Morgan fingerprint density at radius 2 is 2.47 bits per heavy atom. The van der Waals surface area contributed by atoms with E-state index in [1.807, 2.05) is 0 Å². The number of anilines is 1. The van der Waals surface area contributed by atoms with Crippen molar-refractivity contribution < 1.29 is 23.5 Å². The third-order valence-corrected chi connectivity index (χ3v) is 2.06. The van der Waals surface area contributed by atoms with E-state index in [0.29, 0.717) is 4.90 Å². The van der Waals surface area contributed by atoms with Crippen LogP contribution in [0.3, 0.4) is 0 Å². The maximum absolute atomic E-state index is 13.3. The number of carbonyl (C=O) groups excluding carboxylic acids is 2. The number of amides is 2. The molecule has 2 amide bonds. The Bertz CT molecular complexity index is 465. The van der Waals surface area contributed by atoms with E-state index >= 15 is 0 Å². The highest BCUT2D eigenvalue weighted by Crippen LogP contribution is 2.32. The van der Waals surface area contributed by atoms with Crippen molar-refractivity contribution in [3.05, 3.63) is 18.3 Å². The van der Waals surface area contributed by atoms with Crippen LogP contribution in [0.5, 0.6) is 5.75 Å². The second-order valence-electron chi connectivity index (χ2n) is 3.13. The Balaban J connectivity index is 2.42. The lowest BCUT2D eigenvalue weighted by molar-refractivity contribution is -0.133. The fourth-order valence-electron chi connectivity index (χ4n) is 1.37. The lowest BCUT2D eigenvalue weighted by Gasteiger charge is -2.27. The summed E-state index contributed by atoms with van der Waals surface area (Å²) in [5.74, 6) is -1.19. The number of pyridine rings is 1. The monoisotopic (exact) mass is 240 g/mol. The van der Waals surface area contributed by atoms with Crippen LogP contribution in [0.4, 0.5) is 15.0 Å². The zero-order chi connectivity index (χ0) is 12.4. The molecule has 0 saturated heterocycles. The molecule has 0 fully saturated rings. The minimum absolute atomic E-state index is 0.0210. The number of hydrogen-bond acceptors (Lipinski definition) is 5. The molecule has 7 heteroatoms. The molecule has 1 unspecified atom stereocenters. The molecular weight excluding hydrogens is 231 g/mol. The Labute approximate surface area is 95.9 Å². The van der Waals surface area contributed by atoms with Crippen molar-refractivity contribution in [1.82, 2.24) is 4.98 Å². The van der Waals surface area contributed by atoms with Crippen LogP contribution in [0.2, 0.25) is 0 Å². The zero-order valence-corrected chi connectivity index (χ0v) is 8.92. The number of halogens is 1. The number of hydrogen-bond donors (Lipinski definition) is 0. The summed E-state index contributed by atoms with van der Waals surface area (Å²) in [5, 5.41) is 0. The Morgan fingerprint density at radius 1 is 1.71 bits per heavy atom. The Morgan fingerprint density at radius 3 is 3.18 bits per heavy atom. The van der Waals surface area contributed by atoms with Crippen LogP contribution in [0, 0.1) is 0 Å². The molecule has 2 heterocycles. The molecule has 2 rings (SSSR count). The number of imide groups is 1. The third-order valence-electron chi connectivity index (χ3n) is 2.06. The van der Waals surface area contributed by atoms with Gasteiger partial charge in [0.25, 0.3) is 0 Å². The average Bonchev–Trinajstić information content (AvgIpc) is 2.31. The van der Waals surface area contributed by atoms with E-state index in [4.69, 9.17) is 0 Å². The molecule has 0 saturated carbocycles. The lowest BCUT2D eigenvalue weighted by Crippen LogP contribution is -2.47. The van der Waals surface area contributed by atoms with Gasteiger partial charge in [-0.05, 0) is 19.1 Å². The minimum Gasteiger partial charge on any atom is -0.449 e. The second-order valence-corrected chi connectivity index (χ2v) is 3.13. The predicted octanol–water partition coefficient (Wildman–Crippen LogP) is 1.26. The van der Waals surface area contributed by atoms with Gasteiger partial charge < -0.3 is 9.47 Å². The van der Waals surface area contributed by atoms with Gasteiger partial charge in [-0.2, -0.15) is 9.29 Å². The van der Waals surface area contributed by atoms with Gasteiger partial charge in [0.1, 0.15) is 0 Å². The van der Waals surface area contributed by atoms with Crippen LogP contribution in [0.15, 0.2) is 18.3 Å². The number of alkyl halides is 1. The minimum atomic E-state index is -2.23. The molecule has 1 aromatic rings. The van der Waals surface area contributed by atoms with Gasteiger partial charge in [0, 0.05) is 6.20 Å². The Kier molecular flexibility index (Phi) is 2.90. The first kappa shape index (κ1) is 11.3. The second kappa shape index (κ2) is 4.36. The quantitative estimate of drug-likeness (QED) is 0.739. The number of nitrogens with zero attached hydrogens (tertiary/aromatic N) is 2. The van der Waals surface area contributed by atoms with Crippen molar-refractivity contribution in [3.8, 4) is 5.75 Å². The first-order valence-corrected chi connectivity index (χ1v) is 4.91. The van der Waals surface area contributed by atoms with Gasteiger partial charge in [-0.15, -0.1) is 0 Å². The van der Waals surface area contributed by atoms with E-state index in [1.54, 1.807) is 6.92 Å². The number of carbonyl (C=O) groups is 2. The highest BCUT2D eigenvalue weighted by Gasteiger charge is 2.40. The van der Waals surface area contributed by atoms with E-state index in [1.165, 1.54) is 18.3 Å². The van der Waals surface area contributed by atoms with Crippen LogP contribution >= 0.6 is 0 Å². The standard InChI is InChI=1S/C10H9FN2O4/c1-2-16-10(15)13-8-6(4-3-5-12-8)17-7(11)9(13)14/h3-5,7H,2H2,1H3. The molecule has 6 nitrogen and oxygen atoms in total. The highest BCUT2D eigenvalue weighted by molar-refractivity contribution is 6.14. The largest absolute Gasteiger partial charge is 0.449 e. The molecule has 90 valence electrons. The van der Waals surface area contributed by atoms with Gasteiger partial charge in [-0.3, -0.25) is 4.79 Å². The van der Waals surface area contributed by atoms with Gasteiger partial charge in [-0.25, -0.2) is 9.78 Å². The molecular formula is C10H9FN2O4. The zero-order valence-electron chi connectivity index (χ0n) is 8.92. The molecule has 17 heavy (non-hydrogen) atoms. The maximum atomic E-state index is 13.3. The molecule has 0 aromatic carbocycles. The van der Waals surface area contributed by atoms with Crippen molar-refractivity contribution >= 4 is 17.8 Å². The normalized spacial score (nSPS) is 18.4. The fraction of sp³-hybridized carbons (Fsp3) is 0.300. The van der Waals surface area contributed by atoms with E-state index < -0.39 is 18.4 Å². The van der Waals surface area contributed by atoms with Crippen LogP contribution in [0.25, 0.3) is 0 Å². The van der Waals surface area contributed by atoms with Gasteiger partial charge in [0.2, 0.25) is 0 Å². The lowest BCUT2D eigenvalue weighted by atomic mass is 10.3. The molecule has 1 aliphatic heterocycles. The van der Waals surface area contributed by atoms with E-state index in [9.17, 15) is 14.0 Å². The van der Waals surface area contributed by atoms with Crippen molar-refractivity contribution in [1.29, 1.82) is 0 Å². The van der Waals surface area contributed by atoms with Crippen LogP contribution < -0.4 is 9.64 Å². The summed E-state index contributed by atoms with van der Waals surface area (Å²) < 4.78 is 22.6. The summed E-state index contributed by atoms with van der Waals surface area (Å²) in [6.07, 6.45) is -1.83. The highest BCUT2D eigenvalue weighted by atomic mass is 19.1. The van der Waals surface area contributed by atoms with Crippen molar-refractivity contribution in [3.63, 3.8) is 0 Å². The van der Waals surface area contributed by atoms with E-state index in [-0.39, 0.29) is 18.2 Å². The summed E-state index contributed by atoms with van der Waals surface area (Å²) in [7, 11) is 0. The summed E-state index contributed by atoms with van der Waals surface area (Å²) in [4.78, 5) is 27.4. The predicted molar refractivity (Wildman–Crippen MR) is 54.3 cm³/mol. The van der Waals surface area contributed by atoms with Crippen LogP contribution in [0.1, 0.15) is 6.92 Å². The van der Waals surface area contributed by atoms with Crippen molar-refractivity contribution in [2.75, 3.05) is 11.5 Å². The number of fused-ring (bicyclic) bond motifs is 1. The van der Waals surface area contributed by atoms with Crippen molar-refractivity contribution in [2.24, 2.45) is 0 Å². The smallest absolute Gasteiger partial charge is 0.422 e. The van der Waals surface area contributed by atoms with Crippen LogP contribution in [-0.4, -0.2) is 29.9 Å². The summed E-state index contributed by atoms with van der Waals surface area (Å²) in [6.45, 7) is 1.65. The van der Waals surface area contributed by atoms with Crippen molar-refractivity contribution in [2.45, 2.75) is 13.3 Å². The summed E-state index contributed by atoms with van der Waals surface area (Å²) >= 11 is 0. The molecule has 0 aliphatic carbocycles. The molecule has 0 radical (unpaired) electrons. The van der Waals surface area contributed by atoms with Gasteiger partial charge in [0.15, 0.2) is 11.6 Å². The molecule has 1 aliphatic rings. The molecule has 0 spiro atoms. The molecule has 1 atom stereocenters. The van der Waals surface area contributed by atoms with Crippen LogP contribution in [-0.2, 0) is 9.53 Å². The summed E-state index contributed by atoms with van der Waals surface area (Å²) in [5.41, 5.74) is 0. The average molecular weight is 240 g/mol. The first-order chi connectivity index (χ1) is 8.15. The van der Waals surface area contributed by atoms with Gasteiger partial charge in [-0.1, -0.05) is 0 Å². The maximum Gasteiger partial charge on any atom is 0.422 e. The first-order valence-electron chi connectivity index (χ1n) is 4.91. The Hall–Kier alpha value is -2.18. The molecule has 0 bridgehead atoms. The molecule has 0 N–H and O–H groups in total. The third kappa shape index (κ3) is 1.91. The number of rotatable bonds is 1. The van der Waals surface area contributed by atoms with E-state index in [0.717, 1.165) is 0 Å². The van der Waals surface area contributed by atoms with Gasteiger partial charge >= 0.3 is 18.4 Å². The fourth-order valence-corrected chi connectivity index (χ4v) is 1.37. The summed E-state index contributed by atoms with van der Waals surface area (Å²) in [6, 6.07) is 2.91. The number of ether oxygens (including phenoxy) is 2.